The van der Waals surface area contributed by atoms with Gasteiger partial charge >= 0.3 is 0 Å². The highest BCUT2D eigenvalue weighted by Crippen LogP contribution is 2.31. The molecule has 0 aliphatic heterocycles. The van der Waals surface area contributed by atoms with Crippen LogP contribution in [-0.2, 0) is 0 Å². The molecule has 1 fully saturated rings. The second-order valence-electron chi connectivity index (χ2n) is 5.07. The van der Waals surface area contributed by atoms with Crippen LogP contribution in [-0.4, -0.2) is 24.1 Å². The number of rotatable bonds is 5. The predicted octanol–water partition coefficient (Wildman–Crippen LogP) is 2.72. The summed E-state index contributed by atoms with van der Waals surface area (Å²) in [7, 11) is 3.64. The normalized spacial score (nSPS) is 18.6. The molecule has 1 N–H and O–H groups in total. The minimum Gasteiger partial charge on any atom is -0.481 e. The van der Waals surface area contributed by atoms with Crippen molar-refractivity contribution in [3.63, 3.8) is 0 Å². The lowest BCUT2D eigenvalue weighted by molar-refractivity contribution is 0.302. The van der Waals surface area contributed by atoms with E-state index in [1.807, 2.05) is 13.1 Å². The molecule has 0 spiro atoms. The number of hydrogen-bond donors (Lipinski definition) is 1. The van der Waals surface area contributed by atoms with Gasteiger partial charge in [0.05, 0.1) is 12.8 Å². The third kappa shape index (κ3) is 3.42. The lowest BCUT2D eigenvalue weighted by Gasteiger charge is -2.26. The zero-order chi connectivity index (χ0) is 12.8. The molecule has 4 nitrogen and oxygen atoms in total. The van der Waals surface area contributed by atoms with Crippen molar-refractivity contribution in [2.75, 3.05) is 14.2 Å². The number of aromatic nitrogens is 2. The van der Waals surface area contributed by atoms with Crippen molar-refractivity contribution in [2.45, 2.75) is 44.6 Å². The molecule has 1 unspecified atom stereocenters. The fraction of sp³-hybridized carbons (Fsp3) is 0.714. The van der Waals surface area contributed by atoms with Crippen molar-refractivity contribution in [1.29, 1.82) is 0 Å². The number of nitrogens with zero attached hydrogens (tertiary/aromatic N) is 2. The van der Waals surface area contributed by atoms with E-state index in [4.69, 9.17) is 4.74 Å². The Labute approximate surface area is 109 Å². The SMILES string of the molecule is CNC(CC1CCCCC1)c1cc(OC)ncn1. The van der Waals surface area contributed by atoms with Gasteiger partial charge in [-0.2, -0.15) is 0 Å². The van der Waals surface area contributed by atoms with Gasteiger partial charge in [-0.15, -0.1) is 0 Å². The number of hydrogen-bond acceptors (Lipinski definition) is 4. The standard InChI is InChI=1S/C14H23N3O/c1-15-12(8-11-6-4-3-5-7-11)13-9-14(18-2)17-10-16-13/h9-12,15H,3-8H2,1-2H3. The van der Waals surface area contributed by atoms with Crippen LogP contribution in [0.1, 0.15) is 50.3 Å². The van der Waals surface area contributed by atoms with Crippen LogP contribution in [0.5, 0.6) is 5.88 Å². The average molecular weight is 249 g/mol. The summed E-state index contributed by atoms with van der Waals surface area (Å²) in [4.78, 5) is 8.43. The van der Waals surface area contributed by atoms with Gasteiger partial charge in [0.15, 0.2) is 0 Å². The van der Waals surface area contributed by atoms with Crippen molar-refractivity contribution in [3.05, 3.63) is 18.1 Å². The lowest BCUT2D eigenvalue weighted by Crippen LogP contribution is -2.22. The molecule has 100 valence electrons. The Bertz CT molecular complexity index is 364. The molecule has 0 radical (unpaired) electrons. The van der Waals surface area contributed by atoms with Crippen LogP contribution < -0.4 is 10.1 Å². The minimum atomic E-state index is 0.310. The first-order chi connectivity index (χ1) is 8.83. The largest absolute Gasteiger partial charge is 0.481 e. The highest BCUT2D eigenvalue weighted by Gasteiger charge is 2.20. The maximum Gasteiger partial charge on any atom is 0.216 e. The summed E-state index contributed by atoms with van der Waals surface area (Å²) in [5, 5.41) is 3.37. The van der Waals surface area contributed by atoms with E-state index in [1.165, 1.54) is 32.1 Å². The summed E-state index contributed by atoms with van der Waals surface area (Å²) in [5.74, 6) is 1.47. The Morgan fingerprint density at radius 2 is 2.11 bits per heavy atom. The van der Waals surface area contributed by atoms with Crippen LogP contribution >= 0.6 is 0 Å². The van der Waals surface area contributed by atoms with Crippen molar-refractivity contribution >= 4 is 0 Å². The molecule has 1 aliphatic carbocycles. The molecule has 1 atom stereocenters. The van der Waals surface area contributed by atoms with E-state index in [0.717, 1.165) is 18.0 Å². The third-order valence-corrected chi connectivity index (χ3v) is 3.87. The first-order valence-corrected chi connectivity index (χ1v) is 6.86. The van der Waals surface area contributed by atoms with Crippen molar-refractivity contribution in [1.82, 2.24) is 15.3 Å². The van der Waals surface area contributed by atoms with Gasteiger partial charge in [-0.3, -0.25) is 0 Å². The Morgan fingerprint density at radius 1 is 1.33 bits per heavy atom. The van der Waals surface area contributed by atoms with E-state index in [1.54, 1.807) is 13.4 Å². The van der Waals surface area contributed by atoms with Crippen molar-refractivity contribution in [3.8, 4) is 5.88 Å². The van der Waals surface area contributed by atoms with Gasteiger partial charge in [0.2, 0.25) is 5.88 Å². The topological polar surface area (TPSA) is 47.0 Å². The van der Waals surface area contributed by atoms with Gasteiger partial charge in [-0.05, 0) is 19.4 Å². The van der Waals surface area contributed by atoms with Gasteiger partial charge < -0.3 is 10.1 Å². The van der Waals surface area contributed by atoms with Gasteiger partial charge in [0.25, 0.3) is 0 Å². The van der Waals surface area contributed by atoms with Crippen LogP contribution in [0.25, 0.3) is 0 Å². The lowest BCUT2D eigenvalue weighted by atomic mass is 9.84. The van der Waals surface area contributed by atoms with Gasteiger partial charge in [0, 0.05) is 12.1 Å². The first kappa shape index (κ1) is 13.3. The first-order valence-electron chi connectivity index (χ1n) is 6.86. The monoisotopic (exact) mass is 249 g/mol. The molecule has 4 heteroatoms. The molecule has 1 aromatic heterocycles. The predicted molar refractivity (Wildman–Crippen MR) is 71.6 cm³/mol. The van der Waals surface area contributed by atoms with Gasteiger partial charge in [-0.1, -0.05) is 32.1 Å². The zero-order valence-corrected chi connectivity index (χ0v) is 11.4. The number of nitrogens with one attached hydrogen (secondary N) is 1. The molecule has 0 saturated heterocycles. The van der Waals surface area contributed by atoms with Crippen LogP contribution in [0.4, 0.5) is 0 Å². The summed E-state index contributed by atoms with van der Waals surface area (Å²) >= 11 is 0. The van der Waals surface area contributed by atoms with E-state index >= 15 is 0 Å². The van der Waals surface area contributed by atoms with Crippen molar-refractivity contribution < 1.29 is 4.74 Å². The maximum absolute atomic E-state index is 5.16. The molecule has 1 heterocycles. The molecular weight excluding hydrogens is 226 g/mol. The van der Waals surface area contributed by atoms with E-state index in [9.17, 15) is 0 Å². The summed E-state index contributed by atoms with van der Waals surface area (Å²) in [6, 6.07) is 2.24. The zero-order valence-electron chi connectivity index (χ0n) is 11.4. The second-order valence-corrected chi connectivity index (χ2v) is 5.07. The molecule has 2 rings (SSSR count). The molecule has 1 aliphatic rings. The van der Waals surface area contributed by atoms with Crippen LogP contribution in [0.2, 0.25) is 0 Å². The smallest absolute Gasteiger partial charge is 0.216 e. The molecule has 0 bridgehead atoms. The second kappa shape index (κ2) is 6.69. The van der Waals surface area contributed by atoms with Crippen LogP contribution in [0, 0.1) is 5.92 Å². The molecule has 0 amide bonds. The Balaban J connectivity index is 2.02. The van der Waals surface area contributed by atoms with Crippen molar-refractivity contribution in [2.24, 2.45) is 5.92 Å². The fourth-order valence-corrected chi connectivity index (χ4v) is 2.80. The maximum atomic E-state index is 5.16. The highest BCUT2D eigenvalue weighted by molar-refractivity contribution is 5.16. The van der Waals surface area contributed by atoms with E-state index in [2.05, 4.69) is 15.3 Å². The van der Waals surface area contributed by atoms with E-state index in [-0.39, 0.29) is 0 Å². The van der Waals surface area contributed by atoms with Gasteiger partial charge in [0.1, 0.15) is 6.33 Å². The summed E-state index contributed by atoms with van der Waals surface area (Å²) < 4.78 is 5.16. The molecule has 18 heavy (non-hydrogen) atoms. The summed E-state index contributed by atoms with van der Waals surface area (Å²) in [6.45, 7) is 0. The number of methoxy groups -OCH3 is 1. The minimum absolute atomic E-state index is 0.310. The quantitative estimate of drug-likeness (QED) is 0.871. The fourth-order valence-electron chi connectivity index (χ4n) is 2.80. The Hall–Kier alpha value is -1.16. The van der Waals surface area contributed by atoms with Crippen LogP contribution in [0.15, 0.2) is 12.4 Å². The highest BCUT2D eigenvalue weighted by atomic mass is 16.5. The molecule has 1 saturated carbocycles. The number of ether oxygens (including phenoxy) is 1. The summed E-state index contributed by atoms with van der Waals surface area (Å²) in [5.41, 5.74) is 1.04. The molecular formula is C14H23N3O. The van der Waals surface area contributed by atoms with E-state index in [0.29, 0.717) is 11.9 Å². The Kier molecular flexibility index (Phi) is 4.93. The average Bonchev–Trinajstić information content (AvgIpc) is 2.46. The Morgan fingerprint density at radius 3 is 2.78 bits per heavy atom. The van der Waals surface area contributed by atoms with E-state index < -0.39 is 0 Å². The third-order valence-electron chi connectivity index (χ3n) is 3.87. The molecule has 0 aromatic carbocycles. The summed E-state index contributed by atoms with van der Waals surface area (Å²) in [6.07, 6.45) is 9.64. The van der Waals surface area contributed by atoms with Crippen LogP contribution in [0.3, 0.4) is 0 Å². The molecule has 1 aromatic rings. The van der Waals surface area contributed by atoms with Gasteiger partial charge in [-0.25, -0.2) is 9.97 Å².